The van der Waals surface area contributed by atoms with Gasteiger partial charge >= 0.3 is 0 Å². The molecule has 3 saturated heterocycles. The first kappa shape index (κ1) is 63.1. The number of nitrogens with two attached hydrogens (primary N) is 1. The van der Waals surface area contributed by atoms with Crippen molar-refractivity contribution in [1.29, 1.82) is 0 Å². The van der Waals surface area contributed by atoms with Crippen LogP contribution < -0.4 is 32.5 Å². The summed E-state index contributed by atoms with van der Waals surface area (Å²) in [5.74, 6) is -2.94. The Hall–Kier alpha value is -3.21. The zero-order valence-electron chi connectivity index (χ0n) is 41.2. The molecule has 0 spiro atoms. The second-order valence-electron chi connectivity index (χ2n) is 18.4. The molecule has 0 saturated carbocycles. The highest BCUT2D eigenvalue weighted by Gasteiger charge is 2.46. The van der Waals surface area contributed by atoms with Gasteiger partial charge in [0.15, 0.2) is 18.9 Å². The van der Waals surface area contributed by atoms with Gasteiger partial charge in [-0.3, -0.25) is 34.3 Å². The molecular formula is C44H81N7O21. The number of nitrogens with one attached hydrogen (secondary N) is 5. The van der Waals surface area contributed by atoms with Crippen LogP contribution in [0, 0.1) is 5.92 Å². The molecule has 28 heteroatoms. The van der Waals surface area contributed by atoms with E-state index < -0.39 is 161 Å². The molecule has 1 unspecified atom stereocenters. The number of carbonyl (C=O) groups excluding carboxylic acids is 5. The van der Waals surface area contributed by atoms with Gasteiger partial charge < -0.3 is 101 Å². The number of aliphatic hydroxyl groups is 10. The Bertz CT molecular complexity index is 1630. The standard InChI is InChI=1S/C44H81N7O21/c1-23-34(59)35(60)25(3)70-42(23)68-16-14-47-32(57)18-51(17-31(56)46-13-8-4-5-10-30(55)50-49-27(24(2)54)9-6-7-12-45)19-33(58)48-26(22-69-44-41(66)39(64)37(62)29(21-53)72-44)11-15-67-43-40(65)38(63)36(61)28(20-52)71-43/h23,25-29,34-44,49,52-53,59-66H,4-22,45H2,1-3H3,(H,46,56)(H,47,57)(H,48,58)(H,50,55)/t23-,25-,26?,27-,28+,29+,34-,35+,36+,37+,38-,39-,40-,41-,42+,43-,44-/m0/s1. The minimum atomic E-state index is -1.80. The molecule has 4 amide bonds. The number of nitrogens with zero attached hydrogens (tertiary/aromatic N) is 1. The van der Waals surface area contributed by atoms with Crippen LogP contribution in [0.15, 0.2) is 0 Å². The second kappa shape index (κ2) is 33.0. The van der Waals surface area contributed by atoms with Gasteiger partial charge in [-0.25, -0.2) is 5.43 Å². The molecule has 0 aliphatic carbocycles. The van der Waals surface area contributed by atoms with Crippen LogP contribution in [0.3, 0.4) is 0 Å². The quantitative estimate of drug-likeness (QED) is 0.0214. The zero-order chi connectivity index (χ0) is 53.5. The van der Waals surface area contributed by atoms with E-state index in [1.807, 2.05) is 0 Å². The van der Waals surface area contributed by atoms with E-state index >= 15 is 0 Å². The molecule has 0 radical (unpaired) electrons. The number of Topliss-reactive ketones (excluding diaryl/α,β-unsaturated/α-hetero) is 1. The monoisotopic (exact) mass is 1040 g/mol. The van der Waals surface area contributed by atoms with E-state index in [1.54, 1.807) is 13.8 Å². The number of amides is 4. The Kier molecular flexibility index (Phi) is 28.9. The van der Waals surface area contributed by atoms with Crippen LogP contribution in [0.5, 0.6) is 0 Å². The molecule has 0 aromatic heterocycles. The summed E-state index contributed by atoms with van der Waals surface area (Å²) < 4.78 is 33.4. The fourth-order valence-corrected chi connectivity index (χ4v) is 7.94. The highest BCUT2D eigenvalue weighted by atomic mass is 16.7. The Morgan fingerprint density at radius 2 is 1.17 bits per heavy atom. The molecular weight excluding hydrogens is 963 g/mol. The van der Waals surface area contributed by atoms with Crippen LogP contribution in [0.1, 0.15) is 72.1 Å². The summed E-state index contributed by atoms with van der Waals surface area (Å²) in [4.78, 5) is 65.7. The summed E-state index contributed by atoms with van der Waals surface area (Å²) in [7, 11) is 0. The molecule has 418 valence electrons. The predicted octanol–water partition coefficient (Wildman–Crippen LogP) is -7.58. The van der Waals surface area contributed by atoms with Crippen LogP contribution in [-0.4, -0.2) is 256 Å². The minimum Gasteiger partial charge on any atom is -0.394 e. The number of hydrogen-bond donors (Lipinski definition) is 16. The summed E-state index contributed by atoms with van der Waals surface area (Å²) in [6.45, 7) is 1.45. The van der Waals surface area contributed by atoms with Crippen molar-refractivity contribution in [1.82, 2.24) is 31.7 Å². The van der Waals surface area contributed by atoms with E-state index in [2.05, 4.69) is 26.8 Å². The van der Waals surface area contributed by atoms with E-state index in [4.69, 9.17) is 34.2 Å². The predicted molar refractivity (Wildman–Crippen MR) is 247 cm³/mol. The maximum atomic E-state index is 13.7. The van der Waals surface area contributed by atoms with Crippen molar-refractivity contribution in [2.24, 2.45) is 11.7 Å². The molecule has 3 heterocycles. The average molecular weight is 1040 g/mol. The highest BCUT2D eigenvalue weighted by molar-refractivity contribution is 5.84. The lowest BCUT2D eigenvalue weighted by Gasteiger charge is -2.40. The molecule has 3 aliphatic heterocycles. The van der Waals surface area contributed by atoms with E-state index in [-0.39, 0.29) is 50.8 Å². The summed E-state index contributed by atoms with van der Waals surface area (Å²) in [5.41, 5.74) is 10.9. The molecule has 3 aliphatic rings. The van der Waals surface area contributed by atoms with E-state index in [0.717, 1.165) is 12.8 Å². The second-order valence-corrected chi connectivity index (χ2v) is 18.4. The van der Waals surface area contributed by atoms with Crippen molar-refractivity contribution in [3.8, 4) is 0 Å². The van der Waals surface area contributed by atoms with Gasteiger partial charge in [-0.2, -0.15) is 0 Å². The van der Waals surface area contributed by atoms with Crippen molar-refractivity contribution in [3.05, 3.63) is 0 Å². The van der Waals surface area contributed by atoms with E-state index in [1.165, 1.54) is 11.8 Å². The number of unbranched alkanes of at least 4 members (excludes halogenated alkanes) is 3. The number of carbonyl (C=O) groups is 5. The SMILES string of the molecule is CC(=O)[C@H](CCCCN)NNC(=O)CCCCCNC(=O)CN(CC(=O)NCCO[C@@H]1O[C@@H](C)[C@@H](O)[C@@H](O)[C@@H]1C)CC(=O)NC(CCO[C@H]1O[C@H](CO)[C@@H](O)[C@H](O)[C@@H]1O)CO[C@H]1O[C@H](CO)[C@@H](O)[C@H](O)[C@@H]1O. The minimum absolute atomic E-state index is 0.0450. The average Bonchev–Trinajstić information content (AvgIpc) is 3.34. The Balaban J connectivity index is 1.64. The molecule has 0 aromatic carbocycles. The normalized spacial score (nSPS) is 31.6. The van der Waals surface area contributed by atoms with Crippen molar-refractivity contribution in [2.45, 2.75) is 170 Å². The first-order chi connectivity index (χ1) is 34.2. The molecule has 28 nitrogen and oxygen atoms in total. The maximum absolute atomic E-state index is 13.7. The first-order valence-electron chi connectivity index (χ1n) is 24.5. The third-order valence-electron chi connectivity index (χ3n) is 12.5. The lowest BCUT2D eigenvalue weighted by atomic mass is 9.93. The topological polar surface area (TPSA) is 432 Å². The molecule has 3 rings (SSSR count). The summed E-state index contributed by atoms with van der Waals surface area (Å²) in [6, 6.07) is -1.59. The summed E-state index contributed by atoms with van der Waals surface area (Å²) in [5, 5.41) is 110. The van der Waals surface area contributed by atoms with Gasteiger partial charge in [0.1, 0.15) is 60.7 Å². The van der Waals surface area contributed by atoms with Gasteiger partial charge in [-0.15, -0.1) is 0 Å². The van der Waals surface area contributed by atoms with Crippen LogP contribution in [-0.2, 0) is 52.4 Å². The summed E-state index contributed by atoms with van der Waals surface area (Å²) >= 11 is 0. The smallest absolute Gasteiger partial charge is 0.234 e. The van der Waals surface area contributed by atoms with E-state index in [0.29, 0.717) is 32.2 Å². The van der Waals surface area contributed by atoms with Crippen LogP contribution in [0.4, 0.5) is 0 Å². The van der Waals surface area contributed by atoms with Crippen LogP contribution >= 0.6 is 0 Å². The van der Waals surface area contributed by atoms with Gasteiger partial charge in [-0.1, -0.05) is 19.8 Å². The van der Waals surface area contributed by atoms with Crippen LogP contribution in [0.2, 0.25) is 0 Å². The van der Waals surface area contributed by atoms with Gasteiger partial charge in [0.05, 0.1) is 77.0 Å². The van der Waals surface area contributed by atoms with Crippen molar-refractivity contribution >= 4 is 29.4 Å². The Labute approximate surface area is 418 Å². The largest absolute Gasteiger partial charge is 0.394 e. The van der Waals surface area contributed by atoms with Gasteiger partial charge in [0, 0.05) is 25.4 Å². The van der Waals surface area contributed by atoms with E-state index in [9.17, 15) is 75.0 Å². The van der Waals surface area contributed by atoms with Gasteiger partial charge in [0.25, 0.3) is 0 Å². The number of ketones is 1. The highest BCUT2D eigenvalue weighted by Crippen LogP contribution is 2.27. The molecule has 17 atom stereocenters. The lowest BCUT2D eigenvalue weighted by Crippen LogP contribution is -2.60. The van der Waals surface area contributed by atoms with Crippen LogP contribution in [0.25, 0.3) is 0 Å². The maximum Gasteiger partial charge on any atom is 0.234 e. The number of aliphatic hydroxyl groups excluding tert-OH is 10. The fraction of sp³-hybridized carbons (Fsp3) is 0.886. The zero-order valence-corrected chi connectivity index (χ0v) is 41.2. The van der Waals surface area contributed by atoms with Gasteiger partial charge in [-0.05, 0) is 52.5 Å². The Morgan fingerprint density at radius 1 is 0.597 bits per heavy atom. The lowest BCUT2D eigenvalue weighted by molar-refractivity contribution is -0.304. The molecule has 3 fully saturated rings. The Morgan fingerprint density at radius 3 is 1.75 bits per heavy atom. The number of hydrazine groups is 1. The molecule has 0 aromatic rings. The first-order valence-corrected chi connectivity index (χ1v) is 24.5. The molecule has 72 heavy (non-hydrogen) atoms. The third-order valence-corrected chi connectivity index (χ3v) is 12.5. The van der Waals surface area contributed by atoms with Gasteiger partial charge in [0.2, 0.25) is 23.6 Å². The van der Waals surface area contributed by atoms with Crippen molar-refractivity contribution in [3.63, 3.8) is 0 Å². The fourth-order valence-electron chi connectivity index (χ4n) is 7.94. The number of ether oxygens (including phenoxy) is 6. The van der Waals surface area contributed by atoms with Crippen molar-refractivity contribution < 1.29 is 103 Å². The summed E-state index contributed by atoms with van der Waals surface area (Å²) in [6.07, 6.45) is -16.5. The molecule has 17 N–H and O–H groups in total. The third kappa shape index (κ3) is 20.8. The molecule has 0 bridgehead atoms. The number of rotatable bonds is 33. The van der Waals surface area contributed by atoms with Crippen molar-refractivity contribution in [2.75, 3.05) is 72.3 Å². The number of hydrogen-bond acceptors (Lipinski definition) is 24.